The maximum absolute atomic E-state index is 11.7. The number of rotatable bonds is 5. The Morgan fingerprint density at radius 1 is 1.02 bits per heavy atom. The fourth-order valence-electron chi connectivity index (χ4n) is 4.83. The molecule has 0 radical (unpaired) electrons. The van der Waals surface area contributed by atoms with Crippen molar-refractivity contribution < 1.29 is 15.0 Å². The summed E-state index contributed by atoms with van der Waals surface area (Å²) in [6, 6.07) is 19.4. The van der Waals surface area contributed by atoms with E-state index in [1.807, 2.05) is 74.6 Å². The second-order valence-corrected chi connectivity index (χ2v) is 12.8. The number of carboxylic acid groups (broad SMARTS) is 1. The molecule has 0 fully saturated rings. The number of hydrogen-bond donors (Lipinski definition) is 3. The van der Waals surface area contributed by atoms with Crippen molar-refractivity contribution in [2.45, 2.75) is 39.7 Å². The molecule has 0 saturated carbocycles. The lowest BCUT2D eigenvalue weighted by Gasteiger charge is -2.13. The van der Waals surface area contributed by atoms with E-state index in [1.165, 1.54) is 0 Å². The van der Waals surface area contributed by atoms with E-state index in [2.05, 4.69) is 22.9 Å². The van der Waals surface area contributed by atoms with Crippen LogP contribution in [-0.4, -0.2) is 41.5 Å². The van der Waals surface area contributed by atoms with Gasteiger partial charge in [-0.2, -0.15) is 5.10 Å². The summed E-state index contributed by atoms with van der Waals surface area (Å²) in [6.45, 7) is 7.16. The van der Waals surface area contributed by atoms with Crippen molar-refractivity contribution in [1.29, 1.82) is 0 Å². The van der Waals surface area contributed by atoms with Crippen LogP contribution in [0.5, 0.6) is 0 Å². The number of benzene rings is 3. The van der Waals surface area contributed by atoms with Gasteiger partial charge in [-0.05, 0) is 86.8 Å². The fraction of sp³-hybridized carbons (Fsp3) is 0.200. The molecule has 0 bridgehead atoms. The van der Waals surface area contributed by atoms with E-state index >= 15 is 0 Å². The topological polar surface area (TPSA) is 127 Å². The van der Waals surface area contributed by atoms with E-state index in [1.54, 1.807) is 43.0 Å². The Morgan fingerprint density at radius 2 is 1.67 bits per heavy atom. The first kappa shape index (κ1) is 33.1. The number of nitrogen functional groups attached to an aromatic ring is 1. The zero-order valence-corrected chi connectivity index (χ0v) is 27.2. The summed E-state index contributed by atoms with van der Waals surface area (Å²) >= 11 is 7.68. The molecule has 0 saturated heterocycles. The van der Waals surface area contributed by atoms with Gasteiger partial charge in [0.05, 0.1) is 33.4 Å². The lowest BCUT2D eigenvalue weighted by molar-refractivity contribution is -0.136. The molecular formula is C35H34ClN5O3S. The highest BCUT2D eigenvalue weighted by Gasteiger charge is 2.20. The smallest absolute Gasteiger partial charge is 0.307 e. The van der Waals surface area contributed by atoms with Gasteiger partial charge in [0, 0.05) is 40.3 Å². The van der Waals surface area contributed by atoms with Crippen LogP contribution in [0.1, 0.15) is 31.9 Å². The first-order valence-corrected chi connectivity index (χ1v) is 15.1. The molecule has 6 rings (SSSR count). The predicted octanol–water partition coefficient (Wildman–Crippen LogP) is 7.78. The molecule has 0 spiro atoms. The highest BCUT2D eigenvalue weighted by Crippen LogP contribution is 2.41. The highest BCUT2D eigenvalue weighted by molar-refractivity contribution is 7.22. The summed E-state index contributed by atoms with van der Waals surface area (Å²) in [4.78, 5) is 21.3. The summed E-state index contributed by atoms with van der Waals surface area (Å²) in [7, 11) is 1.87. The number of carbonyl (C=O) groups is 1. The Bertz CT molecular complexity index is 2020. The molecule has 8 nitrogen and oxygen atoms in total. The number of aliphatic carboxylic acids is 1. The van der Waals surface area contributed by atoms with Gasteiger partial charge in [0.2, 0.25) is 0 Å². The van der Waals surface area contributed by atoms with Crippen LogP contribution in [0, 0.1) is 19.8 Å². The molecule has 45 heavy (non-hydrogen) atoms. The maximum Gasteiger partial charge on any atom is 0.307 e. The van der Waals surface area contributed by atoms with Crippen molar-refractivity contribution in [2.24, 2.45) is 7.05 Å². The number of aliphatic hydroxyl groups is 1. The third-order valence-corrected chi connectivity index (χ3v) is 8.04. The Balaban J connectivity index is 0.000000602. The standard InChI is InChI=1S/C29H22ClN5O2S.C4H10O.C2H2/c1-15-11-23-27(26(20(15)14-25(36)37)16-3-6-19(30)7-4-16)38-29(33-23)18-9-10-32-22(13-18)17-5-8-24-21(12-17)28(31)34-35(24)2;1-4(2,3)5;1-2/h3-13H,14H2,1-2H3,(H2,31,34)(H,36,37);5H,1-3H3;1-2H. The molecule has 3 heterocycles. The number of hydrogen-bond acceptors (Lipinski definition) is 7. The van der Waals surface area contributed by atoms with Gasteiger partial charge in [-0.25, -0.2) is 4.98 Å². The lowest BCUT2D eigenvalue weighted by atomic mass is 9.93. The summed E-state index contributed by atoms with van der Waals surface area (Å²) in [5, 5.41) is 24.8. The van der Waals surface area contributed by atoms with Gasteiger partial charge in [-0.3, -0.25) is 14.5 Å². The van der Waals surface area contributed by atoms with Gasteiger partial charge >= 0.3 is 5.97 Å². The average molecular weight is 640 g/mol. The largest absolute Gasteiger partial charge is 0.481 e. The van der Waals surface area contributed by atoms with E-state index < -0.39 is 11.6 Å². The van der Waals surface area contributed by atoms with Crippen molar-refractivity contribution in [3.63, 3.8) is 0 Å². The van der Waals surface area contributed by atoms with Gasteiger partial charge in [-0.15, -0.1) is 24.2 Å². The summed E-state index contributed by atoms with van der Waals surface area (Å²) in [5.41, 5.74) is 13.5. The van der Waals surface area contributed by atoms with Crippen LogP contribution < -0.4 is 5.73 Å². The first-order valence-electron chi connectivity index (χ1n) is 13.9. The van der Waals surface area contributed by atoms with Crippen LogP contribution in [0.4, 0.5) is 5.82 Å². The minimum absolute atomic E-state index is 0.0771. The Hall–Kier alpha value is -4.75. The number of halogens is 1. The van der Waals surface area contributed by atoms with Crippen LogP contribution in [0.2, 0.25) is 5.02 Å². The number of fused-ring (bicyclic) bond motifs is 2. The van der Waals surface area contributed by atoms with Crippen LogP contribution in [0.3, 0.4) is 0 Å². The third kappa shape index (κ3) is 7.67. The van der Waals surface area contributed by atoms with Crippen molar-refractivity contribution in [1.82, 2.24) is 19.7 Å². The first-order chi connectivity index (χ1) is 21.3. The molecule has 0 unspecified atom stereocenters. The van der Waals surface area contributed by atoms with Crippen LogP contribution in [0.25, 0.3) is 54.1 Å². The normalized spacial score (nSPS) is 11.0. The average Bonchev–Trinajstić information content (AvgIpc) is 3.53. The number of anilines is 1. The molecule has 0 aliphatic heterocycles. The molecule has 6 aromatic rings. The minimum atomic E-state index is -0.877. The summed E-state index contributed by atoms with van der Waals surface area (Å²) in [5.74, 6) is -0.397. The molecule has 230 valence electrons. The van der Waals surface area contributed by atoms with E-state index in [4.69, 9.17) is 27.4 Å². The fourth-order valence-corrected chi connectivity index (χ4v) is 6.09. The number of pyridine rings is 1. The second kappa shape index (κ2) is 13.5. The number of aromatic nitrogens is 4. The van der Waals surface area contributed by atoms with Gasteiger partial charge in [-0.1, -0.05) is 29.8 Å². The number of nitrogens with two attached hydrogens (primary N) is 1. The minimum Gasteiger partial charge on any atom is -0.481 e. The lowest BCUT2D eigenvalue weighted by Crippen LogP contribution is -2.10. The molecule has 10 heteroatoms. The van der Waals surface area contributed by atoms with E-state index in [9.17, 15) is 9.90 Å². The maximum atomic E-state index is 11.7. The quantitative estimate of drug-likeness (QED) is 0.164. The molecular weight excluding hydrogens is 606 g/mol. The molecule has 0 amide bonds. The number of thiazole rings is 1. The summed E-state index contributed by atoms with van der Waals surface area (Å²) in [6.07, 6.45) is 9.70. The van der Waals surface area contributed by atoms with E-state index in [-0.39, 0.29) is 6.42 Å². The monoisotopic (exact) mass is 639 g/mol. The van der Waals surface area contributed by atoms with Crippen molar-refractivity contribution in [3.05, 3.63) is 83.0 Å². The number of carboxylic acids is 1. The second-order valence-electron chi connectivity index (χ2n) is 11.3. The van der Waals surface area contributed by atoms with Gasteiger partial charge < -0.3 is 15.9 Å². The number of terminal acetylenes is 1. The van der Waals surface area contributed by atoms with Crippen molar-refractivity contribution in [3.8, 4) is 45.8 Å². The van der Waals surface area contributed by atoms with Crippen molar-refractivity contribution in [2.75, 3.05) is 5.73 Å². The molecule has 3 aromatic heterocycles. The van der Waals surface area contributed by atoms with Gasteiger partial charge in [0.15, 0.2) is 5.82 Å². The van der Waals surface area contributed by atoms with Crippen molar-refractivity contribution >= 4 is 55.8 Å². The van der Waals surface area contributed by atoms with Crippen LogP contribution >= 0.6 is 22.9 Å². The molecule has 3 aromatic carbocycles. The zero-order valence-electron chi connectivity index (χ0n) is 25.7. The molecule has 0 aliphatic rings. The Kier molecular flexibility index (Phi) is 9.94. The SMILES string of the molecule is C#C.CC(C)(C)O.Cc1cc2nc(-c3ccnc(-c4ccc5c(c4)c(N)nn5C)c3)sc2c(-c2ccc(Cl)cc2)c1CC(=O)O. The summed E-state index contributed by atoms with van der Waals surface area (Å²) < 4.78 is 2.70. The van der Waals surface area contributed by atoms with Gasteiger partial charge in [0.1, 0.15) is 5.01 Å². The zero-order chi connectivity index (χ0) is 33.1. The number of aryl methyl sites for hydroxylation is 2. The molecule has 0 aliphatic carbocycles. The molecule has 4 N–H and O–H groups in total. The van der Waals surface area contributed by atoms with Gasteiger partial charge in [0.25, 0.3) is 0 Å². The highest BCUT2D eigenvalue weighted by atomic mass is 35.5. The van der Waals surface area contributed by atoms with Crippen LogP contribution in [0.15, 0.2) is 66.9 Å². The predicted molar refractivity (Wildman–Crippen MR) is 185 cm³/mol. The van der Waals surface area contributed by atoms with E-state index in [0.29, 0.717) is 10.8 Å². The Morgan fingerprint density at radius 3 is 2.31 bits per heavy atom. The van der Waals surface area contributed by atoms with E-state index in [0.717, 1.165) is 65.2 Å². The molecule has 0 atom stereocenters. The Labute approximate surface area is 271 Å². The number of nitrogens with zero attached hydrogens (tertiary/aromatic N) is 4. The van der Waals surface area contributed by atoms with Crippen LogP contribution in [-0.2, 0) is 18.3 Å². The third-order valence-electron chi connectivity index (χ3n) is 6.65.